The zero-order valence-corrected chi connectivity index (χ0v) is 9.09. The predicted molar refractivity (Wildman–Crippen MR) is 61.4 cm³/mol. The number of hydrogen-bond acceptors (Lipinski definition) is 2. The van der Waals surface area contributed by atoms with Gasteiger partial charge in [0.15, 0.2) is 0 Å². The molecule has 1 aliphatic heterocycles. The molecule has 0 aliphatic carbocycles. The van der Waals surface area contributed by atoms with Gasteiger partial charge in [-0.15, -0.1) is 0 Å². The van der Waals surface area contributed by atoms with Crippen molar-refractivity contribution >= 4 is 17.8 Å². The minimum Gasteiger partial charge on any atom is -0.367 e. The summed E-state index contributed by atoms with van der Waals surface area (Å²) < 4.78 is 5.63. The SMILES string of the molecule is CC1OCCC=Cc2ccccc2S1. The molecule has 1 heterocycles. The van der Waals surface area contributed by atoms with E-state index in [1.165, 1.54) is 10.5 Å². The number of rotatable bonds is 0. The van der Waals surface area contributed by atoms with Crippen LogP contribution in [0.2, 0.25) is 0 Å². The van der Waals surface area contributed by atoms with E-state index in [2.05, 4.69) is 43.3 Å². The second kappa shape index (κ2) is 4.67. The van der Waals surface area contributed by atoms with Gasteiger partial charge in [0.2, 0.25) is 0 Å². The molecule has 0 N–H and O–H groups in total. The van der Waals surface area contributed by atoms with E-state index in [1.54, 1.807) is 11.8 Å². The smallest absolute Gasteiger partial charge is 0.104 e. The Morgan fingerprint density at radius 3 is 3.14 bits per heavy atom. The van der Waals surface area contributed by atoms with Crippen molar-refractivity contribution in [3.63, 3.8) is 0 Å². The molecule has 0 amide bonds. The topological polar surface area (TPSA) is 9.23 Å². The Bertz CT molecular complexity index is 333. The van der Waals surface area contributed by atoms with Gasteiger partial charge in [-0.2, -0.15) is 0 Å². The zero-order chi connectivity index (χ0) is 9.80. The quantitative estimate of drug-likeness (QED) is 0.642. The third-order valence-electron chi connectivity index (χ3n) is 2.15. The molecule has 0 aromatic heterocycles. The summed E-state index contributed by atoms with van der Waals surface area (Å²) in [5.74, 6) is 0. The van der Waals surface area contributed by atoms with E-state index in [9.17, 15) is 0 Å². The Balaban J connectivity index is 2.30. The Morgan fingerprint density at radius 1 is 1.36 bits per heavy atom. The van der Waals surface area contributed by atoms with Crippen molar-refractivity contribution in [2.24, 2.45) is 0 Å². The van der Waals surface area contributed by atoms with Crippen LogP contribution in [0.5, 0.6) is 0 Å². The van der Waals surface area contributed by atoms with Gasteiger partial charge < -0.3 is 4.74 Å². The van der Waals surface area contributed by atoms with Crippen molar-refractivity contribution in [3.05, 3.63) is 35.9 Å². The Labute approximate surface area is 89.2 Å². The highest BCUT2D eigenvalue weighted by atomic mass is 32.2. The maximum absolute atomic E-state index is 5.63. The molecule has 0 saturated carbocycles. The minimum absolute atomic E-state index is 0.246. The molecular formula is C12H14OS. The van der Waals surface area contributed by atoms with Crippen molar-refractivity contribution in [3.8, 4) is 0 Å². The standard InChI is InChI=1S/C12H14OS/c1-10-13-9-5-4-7-11-6-2-3-8-12(11)14-10/h2-4,6-8,10H,5,9H2,1H3. The van der Waals surface area contributed by atoms with Crippen LogP contribution in [-0.2, 0) is 4.74 Å². The summed E-state index contributed by atoms with van der Waals surface area (Å²) in [5, 5.41) is 0. The first-order valence-corrected chi connectivity index (χ1v) is 5.78. The predicted octanol–water partition coefficient (Wildman–Crippen LogP) is 3.56. The number of benzene rings is 1. The van der Waals surface area contributed by atoms with Crippen molar-refractivity contribution in [2.75, 3.05) is 6.61 Å². The van der Waals surface area contributed by atoms with Gasteiger partial charge in [0.25, 0.3) is 0 Å². The molecule has 2 rings (SSSR count). The van der Waals surface area contributed by atoms with E-state index in [0.29, 0.717) is 0 Å². The molecule has 1 aromatic rings. The fraction of sp³-hybridized carbons (Fsp3) is 0.333. The van der Waals surface area contributed by atoms with Gasteiger partial charge in [-0.1, -0.05) is 42.1 Å². The van der Waals surface area contributed by atoms with Crippen LogP contribution >= 0.6 is 11.8 Å². The molecule has 1 atom stereocenters. The second-order valence-electron chi connectivity index (χ2n) is 3.29. The lowest BCUT2D eigenvalue weighted by atomic mass is 10.2. The molecule has 1 nitrogen and oxygen atoms in total. The number of ether oxygens (including phenoxy) is 1. The van der Waals surface area contributed by atoms with Gasteiger partial charge in [0, 0.05) is 4.90 Å². The minimum atomic E-state index is 0.246. The summed E-state index contributed by atoms with van der Waals surface area (Å²) in [7, 11) is 0. The van der Waals surface area contributed by atoms with Gasteiger partial charge in [-0.25, -0.2) is 0 Å². The van der Waals surface area contributed by atoms with Gasteiger partial charge >= 0.3 is 0 Å². The van der Waals surface area contributed by atoms with Crippen LogP contribution in [0, 0.1) is 0 Å². The average Bonchev–Trinajstić information content (AvgIpc) is 2.27. The first kappa shape index (κ1) is 9.81. The highest BCUT2D eigenvalue weighted by Gasteiger charge is 2.08. The molecule has 0 radical (unpaired) electrons. The normalized spacial score (nSPS) is 21.9. The third kappa shape index (κ3) is 2.40. The lowest BCUT2D eigenvalue weighted by Gasteiger charge is -2.12. The van der Waals surface area contributed by atoms with Crippen molar-refractivity contribution in [1.29, 1.82) is 0 Å². The van der Waals surface area contributed by atoms with Gasteiger partial charge in [0.1, 0.15) is 5.44 Å². The summed E-state index contributed by atoms with van der Waals surface area (Å²) in [6.07, 6.45) is 5.36. The van der Waals surface area contributed by atoms with Crippen LogP contribution in [0.15, 0.2) is 35.2 Å². The van der Waals surface area contributed by atoms with E-state index >= 15 is 0 Å². The highest BCUT2D eigenvalue weighted by Crippen LogP contribution is 2.29. The summed E-state index contributed by atoms with van der Waals surface area (Å²) >= 11 is 1.79. The first-order valence-electron chi connectivity index (χ1n) is 4.90. The molecule has 1 aromatic carbocycles. The van der Waals surface area contributed by atoms with Crippen LogP contribution in [-0.4, -0.2) is 12.0 Å². The molecule has 0 fully saturated rings. The van der Waals surface area contributed by atoms with E-state index < -0.39 is 0 Å². The van der Waals surface area contributed by atoms with Gasteiger partial charge in [-0.3, -0.25) is 0 Å². The van der Waals surface area contributed by atoms with Gasteiger partial charge in [-0.05, 0) is 25.0 Å². The van der Waals surface area contributed by atoms with E-state index in [4.69, 9.17) is 4.74 Å². The summed E-state index contributed by atoms with van der Waals surface area (Å²) in [6, 6.07) is 8.45. The van der Waals surface area contributed by atoms with Crippen LogP contribution in [0.1, 0.15) is 18.9 Å². The molecular weight excluding hydrogens is 192 g/mol. The molecule has 1 aliphatic rings. The number of fused-ring (bicyclic) bond motifs is 1. The summed E-state index contributed by atoms with van der Waals surface area (Å²) in [4.78, 5) is 1.30. The van der Waals surface area contributed by atoms with Gasteiger partial charge in [0.05, 0.1) is 6.61 Å². The number of hydrogen-bond donors (Lipinski definition) is 0. The second-order valence-corrected chi connectivity index (χ2v) is 4.62. The molecule has 14 heavy (non-hydrogen) atoms. The van der Waals surface area contributed by atoms with Crippen LogP contribution in [0.3, 0.4) is 0 Å². The highest BCUT2D eigenvalue weighted by molar-refractivity contribution is 7.99. The van der Waals surface area contributed by atoms with Crippen LogP contribution in [0.4, 0.5) is 0 Å². The molecule has 0 bridgehead atoms. The zero-order valence-electron chi connectivity index (χ0n) is 8.27. The summed E-state index contributed by atoms with van der Waals surface area (Å²) in [6.45, 7) is 2.92. The first-order chi connectivity index (χ1) is 6.86. The molecule has 74 valence electrons. The maximum atomic E-state index is 5.63. The maximum Gasteiger partial charge on any atom is 0.104 e. The van der Waals surface area contributed by atoms with Crippen LogP contribution in [0.25, 0.3) is 6.08 Å². The van der Waals surface area contributed by atoms with E-state index in [1.807, 2.05) is 0 Å². The van der Waals surface area contributed by atoms with E-state index in [0.717, 1.165) is 13.0 Å². The Morgan fingerprint density at radius 2 is 2.21 bits per heavy atom. The fourth-order valence-corrected chi connectivity index (χ4v) is 2.40. The molecule has 0 spiro atoms. The van der Waals surface area contributed by atoms with E-state index in [-0.39, 0.29) is 5.44 Å². The molecule has 2 heteroatoms. The average molecular weight is 206 g/mol. The van der Waals surface area contributed by atoms with Crippen molar-refractivity contribution in [1.82, 2.24) is 0 Å². The van der Waals surface area contributed by atoms with Crippen LogP contribution < -0.4 is 0 Å². The fourth-order valence-electron chi connectivity index (χ4n) is 1.45. The Hall–Kier alpha value is -0.730. The lowest BCUT2D eigenvalue weighted by molar-refractivity contribution is 0.129. The summed E-state index contributed by atoms with van der Waals surface area (Å²) in [5.41, 5.74) is 1.55. The Kier molecular flexibility index (Phi) is 3.27. The lowest BCUT2D eigenvalue weighted by Crippen LogP contribution is -2.03. The monoisotopic (exact) mass is 206 g/mol. The van der Waals surface area contributed by atoms with Crippen molar-refractivity contribution < 1.29 is 4.74 Å². The largest absolute Gasteiger partial charge is 0.367 e. The van der Waals surface area contributed by atoms with Crippen molar-refractivity contribution in [2.45, 2.75) is 23.7 Å². The third-order valence-corrected chi connectivity index (χ3v) is 3.24. The molecule has 1 unspecified atom stereocenters. The number of thioether (sulfide) groups is 1. The molecule has 0 saturated heterocycles.